The van der Waals surface area contributed by atoms with Gasteiger partial charge in [-0.15, -0.1) is 0 Å². The van der Waals surface area contributed by atoms with Gasteiger partial charge in [-0.25, -0.2) is 15.2 Å². The van der Waals surface area contributed by atoms with Gasteiger partial charge in [-0.1, -0.05) is 0 Å². The molecule has 0 atom stereocenters. The van der Waals surface area contributed by atoms with E-state index in [9.17, 15) is 19.3 Å². The predicted molar refractivity (Wildman–Crippen MR) is 73.1 cm³/mol. The van der Waals surface area contributed by atoms with E-state index in [0.29, 0.717) is 0 Å². The van der Waals surface area contributed by atoms with Crippen molar-refractivity contribution in [1.82, 2.24) is 4.98 Å². The number of nitrogens with one attached hydrogen (secondary N) is 2. The fourth-order valence-electron chi connectivity index (χ4n) is 1.61. The number of amides is 1. The van der Waals surface area contributed by atoms with Crippen molar-refractivity contribution in [3.8, 4) is 0 Å². The first-order valence-corrected chi connectivity index (χ1v) is 5.70. The molecule has 1 aromatic heterocycles. The quantitative estimate of drug-likeness (QED) is 0.447. The number of hydrogen-bond acceptors (Lipinski definition) is 6. The average molecular weight is 291 g/mol. The fourth-order valence-corrected chi connectivity index (χ4v) is 1.61. The molecule has 0 spiro atoms. The highest BCUT2D eigenvalue weighted by Crippen LogP contribution is 2.21. The number of nitro groups is 1. The summed E-state index contributed by atoms with van der Waals surface area (Å²) in [6, 6.07) is 5.88. The van der Waals surface area contributed by atoms with Crippen LogP contribution in [0.5, 0.6) is 0 Å². The Morgan fingerprint density at radius 1 is 1.38 bits per heavy atom. The lowest BCUT2D eigenvalue weighted by Crippen LogP contribution is -2.18. The summed E-state index contributed by atoms with van der Waals surface area (Å²) in [4.78, 5) is 25.6. The van der Waals surface area contributed by atoms with Crippen LogP contribution in [-0.4, -0.2) is 15.8 Å². The summed E-state index contributed by atoms with van der Waals surface area (Å²) in [5.74, 6) is 3.78. The second kappa shape index (κ2) is 5.92. The monoisotopic (exact) mass is 291 g/mol. The normalized spacial score (nSPS) is 10.0. The minimum Gasteiger partial charge on any atom is -0.319 e. The molecule has 4 N–H and O–H groups in total. The summed E-state index contributed by atoms with van der Waals surface area (Å²) >= 11 is 0. The van der Waals surface area contributed by atoms with Gasteiger partial charge in [0.15, 0.2) is 11.6 Å². The van der Waals surface area contributed by atoms with Crippen LogP contribution in [0, 0.1) is 15.9 Å². The van der Waals surface area contributed by atoms with Crippen molar-refractivity contribution >= 4 is 23.1 Å². The molecule has 0 unspecified atom stereocenters. The molecule has 0 saturated carbocycles. The highest BCUT2D eigenvalue weighted by Gasteiger charge is 2.16. The molecule has 0 bridgehead atoms. The number of carbonyl (C=O) groups excluding carboxylic acids is 1. The lowest BCUT2D eigenvalue weighted by Gasteiger charge is -2.09. The number of nitro benzene ring substituents is 1. The summed E-state index contributed by atoms with van der Waals surface area (Å²) < 4.78 is 13.7. The molecular formula is C12H10FN5O3. The summed E-state index contributed by atoms with van der Waals surface area (Å²) in [6.07, 6.45) is 1.43. The fraction of sp³-hybridized carbons (Fsp3) is 0. The molecule has 0 aliphatic carbocycles. The van der Waals surface area contributed by atoms with Crippen LogP contribution in [0.15, 0.2) is 36.5 Å². The third-order valence-corrected chi connectivity index (χ3v) is 2.60. The van der Waals surface area contributed by atoms with Crippen molar-refractivity contribution in [2.75, 3.05) is 10.7 Å². The van der Waals surface area contributed by atoms with Crippen LogP contribution in [-0.2, 0) is 0 Å². The number of halogens is 1. The zero-order chi connectivity index (χ0) is 15.4. The molecule has 0 saturated heterocycles. The molecule has 2 rings (SSSR count). The van der Waals surface area contributed by atoms with Gasteiger partial charge in [0, 0.05) is 12.3 Å². The number of aromatic nitrogens is 1. The minimum atomic E-state index is -0.913. The van der Waals surface area contributed by atoms with E-state index >= 15 is 0 Å². The first-order chi connectivity index (χ1) is 10.0. The second-order valence-corrected chi connectivity index (χ2v) is 3.92. The third-order valence-electron chi connectivity index (χ3n) is 2.60. The van der Waals surface area contributed by atoms with Gasteiger partial charge in [0.1, 0.15) is 0 Å². The summed E-state index contributed by atoms with van der Waals surface area (Å²) in [6.45, 7) is 0. The summed E-state index contributed by atoms with van der Waals surface area (Å²) in [7, 11) is 0. The number of rotatable bonds is 4. The maximum Gasteiger partial charge on any atom is 0.272 e. The number of hydrazine groups is 1. The van der Waals surface area contributed by atoms with E-state index < -0.39 is 22.3 Å². The summed E-state index contributed by atoms with van der Waals surface area (Å²) in [5, 5.41) is 12.8. The van der Waals surface area contributed by atoms with Crippen LogP contribution in [0.3, 0.4) is 0 Å². The number of anilines is 2. The zero-order valence-electron chi connectivity index (χ0n) is 10.5. The number of benzene rings is 1. The van der Waals surface area contributed by atoms with E-state index in [-0.39, 0.29) is 17.1 Å². The Morgan fingerprint density at radius 2 is 2.14 bits per heavy atom. The predicted octanol–water partition coefficient (Wildman–Crippen LogP) is 1.67. The van der Waals surface area contributed by atoms with Crippen molar-refractivity contribution in [2.24, 2.45) is 5.84 Å². The van der Waals surface area contributed by atoms with Crippen LogP contribution in [0.1, 0.15) is 10.4 Å². The van der Waals surface area contributed by atoms with Gasteiger partial charge in [-0.3, -0.25) is 14.9 Å². The van der Waals surface area contributed by atoms with Gasteiger partial charge in [-0.2, -0.15) is 0 Å². The van der Waals surface area contributed by atoms with Crippen molar-refractivity contribution in [2.45, 2.75) is 0 Å². The van der Waals surface area contributed by atoms with Crippen LogP contribution in [0.2, 0.25) is 0 Å². The van der Waals surface area contributed by atoms with Crippen molar-refractivity contribution in [1.29, 1.82) is 0 Å². The molecule has 0 aliphatic rings. The molecule has 9 heteroatoms. The molecular weight excluding hydrogens is 281 g/mol. The lowest BCUT2D eigenvalue weighted by atomic mass is 10.2. The topological polar surface area (TPSA) is 123 Å². The number of pyridine rings is 1. The Balaban J connectivity index is 2.26. The third kappa shape index (κ3) is 3.09. The molecule has 1 heterocycles. The van der Waals surface area contributed by atoms with Gasteiger partial charge in [0.25, 0.3) is 11.6 Å². The SMILES string of the molecule is NNc1ncccc1C(=O)Nc1ccc([N+](=O)[O-])cc1F. The highest BCUT2D eigenvalue weighted by molar-refractivity contribution is 6.07. The van der Waals surface area contributed by atoms with E-state index in [0.717, 1.165) is 18.2 Å². The Bertz CT molecular complexity index is 707. The number of hydrogen-bond donors (Lipinski definition) is 3. The van der Waals surface area contributed by atoms with Crippen LogP contribution >= 0.6 is 0 Å². The van der Waals surface area contributed by atoms with E-state index in [1.807, 2.05) is 0 Å². The number of carbonyl (C=O) groups is 1. The van der Waals surface area contributed by atoms with E-state index in [2.05, 4.69) is 15.7 Å². The molecule has 1 aromatic carbocycles. The Labute approximate surface area is 117 Å². The highest BCUT2D eigenvalue weighted by atomic mass is 19.1. The smallest absolute Gasteiger partial charge is 0.272 e. The van der Waals surface area contributed by atoms with Gasteiger partial charge in [0.2, 0.25) is 0 Å². The van der Waals surface area contributed by atoms with E-state index in [4.69, 9.17) is 5.84 Å². The number of nitrogens with two attached hydrogens (primary N) is 1. The molecule has 1 amide bonds. The van der Waals surface area contributed by atoms with Crippen LogP contribution in [0.4, 0.5) is 21.6 Å². The maximum atomic E-state index is 13.7. The minimum absolute atomic E-state index is 0.109. The Morgan fingerprint density at radius 3 is 2.76 bits per heavy atom. The van der Waals surface area contributed by atoms with E-state index in [1.54, 1.807) is 0 Å². The van der Waals surface area contributed by atoms with Crippen molar-refractivity contribution in [3.63, 3.8) is 0 Å². The van der Waals surface area contributed by atoms with Gasteiger partial charge in [0.05, 0.1) is 22.2 Å². The molecule has 2 aromatic rings. The average Bonchev–Trinajstić information content (AvgIpc) is 2.48. The molecule has 21 heavy (non-hydrogen) atoms. The van der Waals surface area contributed by atoms with E-state index in [1.165, 1.54) is 18.3 Å². The Kier molecular flexibility index (Phi) is 4.05. The van der Waals surface area contributed by atoms with Gasteiger partial charge >= 0.3 is 0 Å². The van der Waals surface area contributed by atoms with Gasteiger partial charge in [-0.05, 0) is 18.2 Å². The number of non-ortho nitro benzene ring substituents is 1. The molecule has 8 nitrogen and oxygen atoms in total. The van der Waals surface area contributed by atoms with Crippen LogP contribution < -0.4 is 16.6 Å². The molecule has 108 valence electrons. The zero-order valence-corrected chi connectivity index (χ0v) is 10.5. The number of nitrogen functional groups attached to an aromatic ring is 1. The first kappa shape index (κ1) is 14.3. The molecule has 0 radical (unpaired) electrons. The van der Waals surface area contributed by atoms with Crippen molar-refractivity contribution in [3.05, 3.63) is 58.0 Å². The van der Waals surface area contributed by atoms with Crippen LogP contribution in [0.25, 0.3) is 0 Å². The van der Waals surface area contributed by atoms with Crippen molar-refractivity contribution < 1.29 is 14.1 Å². The second-order valence-electron chi connectivity index (χ2n) is 3.92. The largest absolute Gasteiger partial charge is 0.319 e. The number of nitrogens with zero attached hydrogens (tertiary/aromatic N) is 2. The first-order valence-electron chi connectivity index (χ1n) is 5.70. The standard InChI is InChI=1S/C12H10FN5O3/c13-9-6-7(18(20)21)3-4-10(9)16-12(19)8-2-1-5-15-11(8)17-14/h1-6H,14H2,(H,15,17)(H,16,19). The lowest BCUT2D eigenvalue weighted by molar-refractivity contribution is -0.385. The molecule has 0 aliphatic heterocycles. The molecule has 0 fully saturated rings. The maximum absolute atomic E-state index is 13.7. The Hall–Kier alpha value is -3.07. The van der Waals surface area contributed by atoms with Gasteiger partial charge < -0.3 is 10.7 Å². The summed E-state index contributed by atoms with van der Waals surface area (Å²) in [5.41, 5.74) is 1.77.